The van der Waals surface area contributed by atoms with Gasteiger partial charge in [-0.3, -0.25) is 4.79 Å². The van der Waals surface area contributed by atoms with Crippen molar-refractivity contribution in [2.75, 3.05) is 20.3 Å². The van der Waals surface area contributed by atoms with Gasteiger partial charge in [0.25, 0.3) is 5.91 Å². The maximum absolute atomic E-state index is 11.7. The van der Waals surface area contributed by atoms with Gasteiger partial charge in [-0.2, -0.15) is 0 Å². The number of benzene rings is 2. The molecular formula is C21H23NO4. The Hall–Kier alpha value is -3.08. The van der Waals surface area contributed by atoms with Crippen LogP contribution in [0.3, 0.4) is 0 Å². The van der Waals surface area contributed by atoms with Crippen LogP contribution in [0.15, 0.2) is 60.7 Å². The van der Waals surface area contributed by atoms with Crippen molar-refractivity contribution in [1.82, 2.24) is 5.32 Å². The molecule has 136 valence electrons. The van der Waals surface area contributed by atoms with Crippen LogP contribution in [0.5, 0.6) is 5.75 Å². The maximum atomic E-state index is 11.7. The molecule has 2 aromatic carbocycles. The van der Waals surface area contributed by atoms with Gasteiger partial charge in [0, 0.05) is 12.6 Å². The van der Waals surface area contributed by atoms with E-state index >= 15 is 0 Å². The SMILES string of the molecule is COc1cccc(/C=C/C(=O)OCC(=O)NCCCc2ccccc2)c1. The Kier molecular flexibility index (Phi) is 7.93. The van der Waals surface area contributed by atoms with E-state index < -0.39 is 5.97 Å². The lowest BCUT2D eigenvalue weighted by atomic mass is 10.1. The third-order valence-corrected chi connectivity index (χ3v) is 3.66. The Morgan fingerprint density at radius 2 is 1.88 bits per heavy atom. The summed E-state index contributed by atoms with van der Waals surface area (Å²) in [4.78, 5) is 23.4. The Bertz CT molecular complexity index is 741. The van der Waals surface area contributed by atoms with Crippen LogP contribution in [0.2, 0.25) is 0 Å². The lowest BCUT2D eigenvalue weighted by Gasteiger charge is -2.05. The van der Waals surface area contributed by atoms with Crippen LogP contribution >= 0.6 is 0 Å². The highest BCUT2D eigenvalue weighted by Crippen LogP contribution is 2.13. The summed E-state index contributed by atoms with van der Waals surface area (Å²) in [6.07, 6.45) is 4.63. The van der Waals surface area contributed by atoms with Gasteiger partial charge in [0.1, 0.15) is 5.75 Å². The Morgan fingerprint density at radius 1 is 1.08 bits per heavy atom. The minimum absolute atomic E-state index is 0.285. The molecule has 0 radical (unpaired) electrons. The van der Waals surface area contributed by atoms with Crippen molar-refractivity contribution in [3.8, 4) is 5.75 Å². The molecule has 0 atom stereocenters. The first-order valence-electron chi connectivity index (χ1n) is 8.47. The van der Waals surface area contributed by atoms with Crippen molar-refractivity contribution in [3.63, 3.8) is 0 Å². The van der Waals surface area contributed by atoms with E-state index in [9.17, 15) is 9.59 Å². The van der Waals surface area contributed by atoms with Crippen LogP contribution in [-0.4, -0.2) is 32.1 Å². The summed E-state index contributed by atoms with van der Waals surface area (Å²) in [5.74, 6) is -0.163. The number of carbonyl (C=O) groups is 2. The third kappa shape index (κ3) is 7.21. The van der Waals surface area contributed by atoms with Crippen LogP contribution in [-0.2, 0) is 20.7 Å². The van der Waals surface area contributed by atoms with Gasteiger partial charge in [0.2, 0.25) is 0 Å². The van der Waals surface area contributed by atoms with Crippen molar-refractivity contribution in [1.29, 1.82) is 0 Å². The number of hydrogen-bond donors (Lipinski definition) is 1. The van der Waals surface area contributed by atoms with Gasteiger partial charge in [0.05, 0.1) is 7.11 Å². The molecule has 0 saturated heterocycles. The van der Waals surface area contributed by atoms with E-state index in [-0.39, 0.29) is 12.5 Å². The normalized spacial score (nSPS) is 10.5. The van der Waals surface area contributed by atoms with Gasteiger partial charge in [0.15, 0.2) is 6.61 Å². The van der Waals surface area contributed by atoms with E-state index in [1.54, 1.807) is 19.3 Å². The van der Waals surface area contributed by atoms with E-state index in [1.807, 2.05) is 36.4 Å². The molecule has 2 aromatic rings. The fourth-order valence-electron chi connectivity index (χ4n) is 2.31. The van der Waals surface area contributed by atoms with Gasteiger partial charge in [-0.05, 0) is 42.2 Å². The topological polar surface area (TPSA) is 64.6 Å². The van der Waals surface area contributed by atoms with Crippen LogP contribution in [0.1, 0.15) is 17.5 Å². The molecule has 1 amide bonds. The first-order valence-corrected chi connectivity index (χ1v) is 8.47. The molecule has 0 unspecified atom stereocenters. The molecule has 0 fully saturated rings. The second kappa shape index (κ2) is 10.7. The Balaban J connectivity index is 1.63. The molecule has 0 bridgehead atoms. The van der Waals surface area contributed by atoms with Crippen LogP contribution in [0.4, 0.5) is 0 Å². The lowest BCUT2D eigenvalue weighted by Crippen LogP contribution is -2.29. The molecule has 0 aliphatic carbocycles. The second-order valence-corrected chi connectivity index (χ2v) is 5.66. The van der Waals surface area contributed by atoms with Crippen LogP contribution in [0.25, 0.3) is 6.08 Å². The van der Waals surface area contributed by atoms with Crippen molar-refractivity contribution < 1.29 is 19.1 Å². The molecule has 5 nitrogen and oxygen atoms in total. The predicted molar refractivity (Wildman–Crippen MR) is 101 cm³/mol. The monoisotopic (exact) mass is 353 g/mol. The average molecular weight is 353 g/mol. The molecule has 0 saturated carbocycles. The number of aryl methyl sites for hydroxylation is 1. The zero-order valence-electron chi connectivity index (χ0n) is 14.8. The number of methoxy groups -OCH3 is 1. The third-order valence-electron chi connectivity index (χ3n) is 3.66. The van der Waals surface area contributed by atoms with E-state index in [4.69, 9.17) is 9.47 Å². The quantitative estimate of drug-likeness (QED) is 0.428. The van der Waals surface area contributed by atoms with Crippen LogP contribution in [0, 0.1) is 0 Å². The van der Waals surface area contributed by atoms with E-state index in [2.05, 4.69) is 17.4 Å². The first-order chi connectivity index (χ1) is 12.7. The zero-order valence-corrected chi connectivity index (χ0v) is 14.8. The molecule has 5 heteroatoms. The molecule has 0 aliphatic rings. The summed E-state index contributed by atoms with van der Waals surface area (Å²) >= 11 is 0. The molecular weight excluding hydrogens is 330 g/mol. The van der Waals surface area contributed by atoms with Crippen molar-refractivity contribution in [2.45, 2.75) is 12.8 Å². The Labute approximate surface area is 153 Å². The number of carbonyl (C=O) groups excluding carboxylic acids is 2. The largest absolute Gasteiger partial charge is 0.497 e. The lowest BCUT2D eigenvalue weighted by molar-refractivity contribution is -0.143. The predicted octanol–water partition coefficient (Wildman–Crippen LogP) is 3.00. The van der Waals surface area contributed by atoms with Crippen molar-refractivity contribution >= 4 is 18.0 Å². The van der Waals surface area contributed by atoms with Crippen molar-refractivity contribution in [3.05, 3.63) is 71.8 Å². The second-order valence-electron chi connectivity index (χ2n) is 5.66. The van der Waals surface area contributed by atoms with Crippen molar-refractivity contribution in [2.24, 2.45) is 0 Å². The first kappa shape index (κ1) is 19.2. The average Bonchev–Trinajstić information content (AvgIpc) is 2.69. The number of amides is 1. The van der Waals surface area contributed by atoms with Crippen LogP contribution < -0.4 is 10.1 Å². The minimum atomic E-state index is -0.563. The summed E-state index contributed by atoms with van der Waals surface area (Å²) in [6.45, 7) is 0.261. The number of ether oxygens (including phenoxy) is 2. The van der Waals surface area contributed by atoms with Gasteiger partial charge in [-0.15, -0.1) is 0 Å². The Morgan fingerprint density at radius 3 is 2.65 bits per heavy atom. The number of esters is 1. The molecule has 0 aromatic heterocycles. The fraction of sp³-hybridized carbons (Fsp3) is 0.238. The fourth-order valence-corrected chi connectivity index (χ4v) is 2.31. The number of nitrogens with one attached hydrogen (secondary N) is 1. The van der Waals surface area contributed by atoms with Gasteiger partial charge in [-0.25, -0.2) is 4.79 Å². The molecule has 1 N–H and O–H groups in total. The smallest absolute Gasteiger partial charge is 0.331 e. The highest BCUT2D eigenvalue weighted by molar-refractivity contribution is 5.89. The summed E-state index contributed by atoms with van der Waals surface area (Å²) in [6, 6.07) is 17.3. The maximum Gasteiger partial charge on any atom is 0.331 e. The summed E-state index contributed by atoms with van der Waals surface area (Å²) in [5, 5.41) is 2.74. The highest BCUT2D eigenvalue weighted by atomic mass is 16.5. The summed E-state index contributed by atoms with van der Waals surface area (Å²) in [7, 11) is 1.58. The summed E-state index contributed by atoms with van der Waals surface area (Å²) in [5.41, 5.74) is 2.04. The zero-order chi connectivity index (χ0) is 18.6. The number of hydrogen-bond acceptors (Lipinski definition) is 4. The molecule has 0 spiro atoms. The van der Waals surface area contributed by atoms with Gasteiger partial charge < -0.3 is 14.8 Å². The van der Waals surface area contributed by atoms with Gasteiger partial charge in [-0.1, -0.05) is 42.5 Å². The molecule has 0 heterocycles. The molecule has 2 rings (SSSR count). The summed E-state index contributed by atoms with van der Waals surface area (Å²) < 4.78 is 10.0. The number of rotatable bonds is 9. The standard InChI is InChI=1S/C21H23NO4/c1-25-19-11-5-9-18(15-19)12-13-21(24)26-16-20(23)22-14-6-10-17-7-3-2-4-8-17/h2-5,7-9,11-13,15H,6,10,14,16H2,1H3,(H,22,23)/b13-12+. The van der Waals surface area contributed by atoms with E-state index in [0.717, 1.165) is 18.4 Å². The molecule has 26 heavy (non-hydrogen) atoms. The van der Waals surface area contributed by atoms with E-state index in [1.165, 1.54) is 11.6 Å². The van der Waals surface area contributed by atoms with E-state index in [0.29, 0.717) is 12.3 Å². The molecule has 0 aliphatic heterocycles. The minimum Gasteiger partial charge on any atom is -0.497 e. The van der Waals surface area contributed by atoms with Gasteiger partial charge >= 0.3 is 5.97 Å². The highest BCUT2D eigenvalue weighted by Gasteiger charge is 2.04.